The maximum Gasteiger partial charge on any atom is 0.335 e. The van der Waals surface area contributed by atoms with Crippen LogP contribution in [-0.4, -0.2) is 26.2 Å². The standard InChI is InChI=1S/C15H17ClFNO4S/c1-2-22-15(19)11-5-3-4-6-14(11)23(20,21)18-13-8-7-10(17)9-12(13)16/h5,7-9,14,18H,2-4,6H2,1H3/i6D2,7D,8D,9D,14D. The highest BCUT2D eigenvalue weighted by Gasteiger charge is 2.35. The summed E-state index contributed by atoms with van der Waals surface area (Å²) in [4.78, 5) is 12.2. The third kappa shape index (κ3) is 4.23. The SMILES string of the molecule is [2H]c1c([2H])c(NS(=O)(=O)C2([2H])C(C(=O)OCC)=CCCC2([2H])[2H])c(Cl)c([2H])c1F. The number of ether oxygens (including phenoxy) is 1. The van der Waals surface area contributed by atoms with Crippen LogP contribution in [0.1, 0.15) is 34.4 Å². The monoisotopic (exact) mass is 367 g/mol. The summed E-state index contributed by atoms with van der Waals surface area (Å²) in [6, 6.07) is -3.16. The van der Waals surface area contributed by atoms with Crippen LogP contribution in [0.25, 0.3) is 0 Å². The van der Waals surface area contributed by atoms with Crippen LogP contribution >= 0.6 is 11.6 Å². The van der Waals surface area contributed by atoms with E-state index in [-0.39, 0.29) is 13.0 Å². The molecule has 5 nitrogen and oxygen atoms in total. The van der Waals surface area contributed by atoms with Gasteiger partial charge in [0.15, 0.2) is 0 Å². The molecule has 0 aliphatic heterocycles. The number of halogens is 2. The second-order valence-electron chi connectivity index (χ2n) is 4.37. The number of rotatable bonds is 5. The first-order valence-corrected chi connectivity index (χ1v) is 8.44. The van der Waals surface area contributed by atoms with Crippen LogP contribution < -0.4 is 4.72 Å². The van der Waals surface area contributed by atoms with Crippen molar-refractivity contribution in [1.29, 1.82) is 0 Å². The summed E-state index contributed by atoms with van der Waals surface area (Å²) < 4.78 is 93.8. The minimum Gasteiger partial charge on any atom is -0.463 e. The molecule has 8 heteroatoms. The van der Waals surface area contributed by atoms with Crippen molar-refractivity contribution in [3.05, 3.63) is 40.6 Å². The van der Waals surface area contributed by atoms with Crippen LogP contribution in [0, 0.1) is 5.82 Å². The Hall–Kier alpha value is -1.60. The van der Waals surface area contributed by atoms with Crippen molar-refractivity contribution in [2.75, 3.05) is 11.3 Å². The van der Waals surface area contributed by atoms with Crippen LogP contribution in [0.4, 0.5) is 10.1 Å². The third-order valence-electron chi connectivity index (χ3n) is 2.76. The molecule has 0 saturated heterocycles. The molecule has 0 amide bonds. The predicted octanol–water partition coefficient (Wildman–Crippen LogP) is 3.26. The molecule has 0 saturated carbocycles. The highest BCUT2D eigenvalue weighted by Crippen LogP contribution is 2.30. The van der Waals surface area contributed by atoms with Gasteiger partial charge in [-0.3, -0.25) is 4.72 Å². The third-order valence-corrected chi connectivity index (χ3v) is 4.42. The predicted molar refractivity (Wildman–Crippen MR) is 86.3 cm³/mol. The average Bonchev–Trinajstić information content (AvgIpc) is 2.64. The lowest BCUT2D eigenvalue weighted by atomic mass is 9.99. The number of benzene rings is 1. The van der Waals surface area contributed by atoms with Crippen molar-refractivity contribution >= 4 is 33.3 Å². The van der Waals surface area contributed by atoms with Crippen LogP contribution in [-0.2, 0) is 19.6 Å². The highest BCUT2D eigenvalue weighted by atomic mass is 35.5. The first-order valence-electron chi connectivity index (χ1n) is 9.57. The Morgan fingerprint density at radius 3 is 3.09 bits per heavy atom. The van der Waals surface area contributed by atoms with E-state index < -0.39 is 74.2 Å². The molecule has 1 atom stereocenters. The molecule has 23 heavy (non-hydrogen) atoms. The lowest BCUT2D eigenvalue weighted by Gasteiger charge is -2.24. The van der Waals surface area contributed by atoms with Gasteiger partial charge < -0.3 is 4.74 Å². The van der Waals surface area contributed by atoms with E-state index in [0.29, 0.717) is 0 Å². The number of esters is 1. The van der Waals surface area contributed by atoms with Gasteiger partial charge >= 0.3 is 5.97 Å². The Morgan fingerprint density at radius 1 is 1.65 bits per heavy atom. The lowest BCUT2D eigenvalue weighted by Crippen LogP contribution is -2.34. The molecular weight excluding hydrogens is 345 g/mol. The highest BCUT2D eigenvalue weighted by molar-refractivity contribution is 7.93. The molecule has 1 aromatic carbocycles. The first-order chi connectivity index (χ1) is 13.2. The second-order valence-corrected chi connectivity index (χ2v) is 6.36. The summed E-state index contributed by atoms with van der Waals surface area (Å²) in [5.41, 5.74) is -1.62. The van der Waals surface area contributed by atoms with E-state index in [1.807, 2.05) is 0 Å². The Balaban J connectivity index is 2.69. The minimum atomic E-state index is -5.17. The summed E-state index contributed by atoms with van der Waals surface area (Å²) in [7, 11) is -5.17. The normalized spacial score (nSPS) is 27.3. The second kappa shape index (κ2) is 7.31. The number of hydrogen-bond acceptors (Lipinski definition) is 4. The van der Waals surface area contributed by atoms with Gasteiger partial charge in [0.05, 0.1) is 28.4 Å². The van der Waals surface area contributed by atoms with Crippen LogP contribution in [0.5, 0.6) is 0 Å². The Kier molecular flexibility index (Phi) is 3.51. The molecule has 1 aliphatic carbocycles. The number of carbonyl (C=O) groups excluding carboxylic acids is 1. The van der Waals surface area contributed by atoms with E-state index >= 15 is 0 Å². The zero-order valence-corrected chi connectivity index (χ0v) is 13.6. The van der Waals surface area contributed by atoms with Gasteiger partial charge in [0, 0.05) is 2.74 Å². The van der Waals surface area contributed by atoms with Gasteiger partial charge in [-0.25, -0.2) is 17.6 Å². The minimum absolute atomic E-state index is 0.0218. The van der Waals surface area contributed by atoms with Gasteiger partial charge in [0.25, 0.3) is 0 Å². The fourth-order valence-corrected chi connectivity index (χ4v) is 3.34. The van der Waals surface area contributed by atoms with E-state index in [9.17, 15) is 17.6 Å². The van der Waals surface area contributed by atoms with E-state index in [2.05, 4.69) is 0 Å². The number of hydrogen-bond donors (Lipinski definition) is 1. The van der Waals surface area contributed by atoms with Crippen molar-refractivity contribution in [3.8, 4) is 0 Å². The van der Waals surface area contributed by atoms with Crippen LogP contribution in [0.15, 0.2) is 29.8 Å². The summed E-state index contributed by atoms with van der Waals surface area (Å²) in [5.74, 6) is -2.64. The van der Waals surface area contributed by atoms with E-state index in [1.165, 1.54) is 6.92 Å². The quantitative estimate of drug-likeness (QED) is 0.811. The molecule has 0 spiro atoms. The smallest absolute Gasteiger partial charge is 0.335 e. The topological polar surface area (TPSA) is 72.5 Å². The number of anilines is 1. The van der Waals surface area contributed by atoms with Gasteiger partial charge in [0.1, 0.15) is 11.0 Å². The number of carbonyl (C=O) groups is 1. The molecule has 0 aromatic heterocycles. The summed E-state index contributed by atoms with van der Waals surface area (Å²) in [6.07, 6.45) is -2.09. The summed E-state index contributed by atoms with van der Waals surface area (Å²) in [6.45, 7) is 1.30. The number of sulfonamides is 1. The zero-order chi connectivity index (χ0) is 22.4. The zero-order valence-electron chi connectivity index (χ0n) is 18.0. The van der Waals surface area contributed by atoms with E-state index in [4.69, 9.17) is 24.6 Å². The molecular formula is C15H17ClFNO4S. The van der Waals surface area contributed by atoms with Crippen LogP contribution in [0.2, 0.25) is 5.02 Å². The summed E-state index contributed by atoms with van der Waals surface area (Å²) >= 11 is 5.77. The van der Waals surface area contributed by atoms with Crippen molar-refractivity contribution in [3.63, 3.8) is 0 Å². The van der Waals surface area contributed by atoms with Crippen molar-refractivity contribution in [1.82, 2.24) is 0 Å². The molecule has 126 valence electrons. The fourth-order valence-electron chi connectivity index (χ4n) is 1.83. The maximum absolute atomic E-state index is 13.7. The van der Waals surface area contributed by atoms with Crippen LogP contribution in [0.3, 0.4) is 0 Å². The number of nitrogens with one attached hydrogen (secondary N) is 1. The molecule has 2 rings (SSSR count). The Labute approximate surface area is 148 Å². The maximum atomic E-state index is 13.7. The van der Waals surface area contributed by atoms with E-state index in [1.54, 1.807) is 4.72 Å². The lowest BCUT2D eigenvalue weighted by molar-refractivity contribution is -0.138. The Morgan fingerprint density at radius 2 is 2.39 bits per heavy atom. The van der Waals surface area contributed by atoms with Gasteiger partial charge in [0.2, 0.25) is 10.0 Å². The summed E-state index contributed by atoms with van der Waals surface area (Å²) in [5, 5.41) is -4.03. The molecule has 1 aliphatic rings. The van der Waals surface area contributed by atoms with Crippen molar-refractivity contribution in [2.45, 2.75) is 31.4 Å². The largest absolute Gasteiger partial charge is 0.463 e. The Bertz CT molecular complexity index is 974. The van der Waals surface area contributed by atoms with Gasteiger partial charge in [-0.1, -0.05) is 17.7 Å². The molecule has 1 aromatic rings. The van der Waals surface area contributed by atoms with Gasteiger partial charge in [-0.2, -0.15) is 0 Å². The molecule has 1 unspecified atom stereocenters. The molecule has 0 bridgehead atoms. The van der Waals surface area contributed by atoms with Crippen molar-refractivity contribution < 1.29 is 30.6 Å². The van der Waals surface area contributed by atoms with Gasteiger partial charge in [-0.05, 0) is 44.3 Å². The molecule has 0 fully saturated rings. The average molecular weight is 368 g/mol. The van der Waals surface area contributed by atoms with Crippen molar-refractivity contribution in [2.24, 2.45) is 0 Å². The molecule has 1 N–H and O–H groups in total. The molecule has 0 heterocycles. The first kappa shape index (κ1) is 11.0. The number of allylic oxidation sites excluding steroid dienone is 1. The molecule has 0 radical (unpaired) electrons. The fraction of sp³-hybridized carbons (Fsp3) is 0.400. The van der Waals surface area contributed by atoms with Gasteiger partial charge in [-0.15, -0.1) is 0 Å². The van der Waals surface area contributed by atoms with E-state index in [0.717, 1.165) is 6.08 Å².